The van der Waals surface area contributed by atoms with E-state index in [-0.39, 0.29) is 30.6 Å². The minimum atomic E-state index is -0.693. The lowest BCUT2D eigenvalue weighted by molar-refractivity contribution is -0.140. The van der Waals surface area contributed by atoms with Gasteiger partial charge in [0.1, 0.15) is 17.6 Å². The van der Waals surface area contributed by atoms with Crippen molar-refractivity contribution in [2.45, 2.75) is 52.6 Å². The van der Waals surface area contributed by atoms with Crippen molar-refractivity contribution in [3.63, 3.8) is 0 Å². The summed E-state index contributed by atoms with van der Waals surface area (Å²) in [7, 11) is 0. The molecule has 2 aromatic carbocycles. The lowest BCUT2D eigenvalue weighted by Crippen LogP contribution is -2.47. The maximum absolute atomic E-state index is 14.1. The molecule has 0 saturated carbocycles. The Balaban J connectivity index is 1.98. The second kappa shape index (κ2) is 12.0. The van der Waals surface area contributed by atoms with Gasteiger partial charge in [-0.3, -0.25) is 9.59 Å². The number of aryl methyl sites for hydroxylation is 1. The second-order valence-corrected chi connectivity index (χ2v) is 7.35. The molecule has 2 amide bonds. The molecule has 30 heavy (non-hydrogen) atoms. The molecule has 0 aliphatic carbocycles. The summed E-state index contributed by atoms with van der Waals surface area (Å²) in [5, 5.41) is 2.81. The van der Waals surface area contributed by atoms with Crippen LogP contribution in [0.2, 0.25) is 0 Å². The molecule has 0 aromatic heterocycles. The van der Waals surface area contributed by atoms with Crippen LogP contribution in [0.1, 0.15) is 44.2 Å². The van der Waals surface area contributed by atoms with Crippen LogP contribution in [0, 0.1) is 12.7 Å². The van der Waals surface area contributed by atoms with Gasteiger partial charge in [-0.2, -0.15) is 0 Å². The quantitative estimate of drug-likeness (QED) is 0.560. The van der Waals surface area contributed by atoms with Gasteiger partial charge in [0.25, 0.3) is 0 Å². The number of benzene rings is 2. The van der Waals surface area contributed by atoms with Crippen molar-refractivity contribution < 1.29 is 18.7 Å². The molecule has 1 N–H and O–H groups in total. The highest BCUT2D eigenvalue weighted by atomic mass is 19.1. The van der Waals surface area contributed by atoms with E-state index in [1.165, 1.54) is 11.0 Å². The van der Waals surface area contributed by atoms with Crippen LogP contribution >= 0.6 is 0 Å². The molecule has 2 aromatic rings. The summed E-state index contributed by atoms with van der Waals surface area (Å²) >= 11 is 0. The lowest BCUT2D eigenvalue weighted by Gasteiger charge is -2.29. The minimum absolute atomic E-state index is 0.0467. The number of amides is 2. The third-order valence-electron chi connectivity index (χ3n) is 4.84. The van der Waals surface area contributed by atoms with E-state index in [0.717, 1.165) is 17.7 Å². The fourth-order valence-corrected chi connectivity index (χ4v) is 2.98. The van der Waals surface area contributed by atoms with Crippen molar-refractivity contribution in [3.8, 4) is 5.75 Å². The topological polar surface area (TPSA) is 58.6 Å². The van der Waals surface area contributed by atoms with Crippen LogP contribution < -0.4 is 10.1 Å². The fraction of sp³-hybridized carbons (Fsp3) is 0.417. The molecular weight excluding hydrogens is 383 g/mol. The van der Waals surface area contributed by atoms with E-state index >= 15 is 0 Å². The number of halogens is 1. The van der Waals surface area contributed by atoms with Gasteiger partial charge < -0.3 is 15.0 Å². The van der Waals surface area contributed by atoms with Crippen molar-refractivity contribution in [1.82, 2.24) is 10.2 Å². The molecule has 0 saturated heterocycles. The SMILES string of the molecule is CCCNC(=O)[C@@H](C)N(Cc1ccccc1F)C(=O)CCCOc1ccc(C)cc1. The van der Waals surface area contributed by atoms with Gasteiger partial charge in [0.15, 0.2) is 0 Å². The van der Waals surface area contributed by atoms with Crippen molar-refractivity contribution in [2.24, 2.45) is 0 Å². The smallest absolute Gasteiger partial charge is 0.242 e. The van der Waals surface area contributed by atoms with Crippen LogP contribution in [0.15, 0.2) is 48.5 Å². The summed E-state index contributed by atoms with van der Waals surface area (Å²) in [6.45, 7) is 6.61. The van der Waals surface area contributed by atoms with Gasteiger partial charge in [-0.1, -0.05) is 42.8 Å². The molecule has 5 nitrogen and oxygen atoms in total. The highest BCUT2D eigenvalue weighted by Gasteiger charge is 2.26. The number of hydrogen-bond acceptors (Lipinski definition) is 3. The van der Waals surface area contributed by atoms with Gasteiger partial charge in [-0.15, -0.1) is 0 Å². The molecular formula is C24H31FN2O3. The zero-order chi connectivity index (χ0) is 21.9. The van der Waals surface area contributed by atoms with Gasteiger partial charge >= 0.3 is 0 Å². The maximum atomic E-state index is 14.1. The van der Waals surface area contributed by atoms with Crippen molar-refractivity contribution in [2.75, 3.05) is 13.2 Å². The van der Waals surface area contributed by atoms with Crippen LogP contribution in [-0.2, 0) is 16.1 Å². The van der Waals surface area contributed by atoms with E-state index in [1.807, 2.05) is 38.1 Å². The van der Waals surface area contributed by atoms with Crippen LogP contribution in [-0.4, -0.2) is 35.9 Å². The zero-order valence-corrected chi connectivity index (χ0v) is 18.0. The molecule has 162 valence electrons. The van der Waals surface area contributed by atoms with E-state index < -0.39 is 6.04 Å². The molecule has 0 aliphatic heterocycles. The summed E-state index contributed by atoms with van der Waals surface area (Å²) in [5.41, 5.74) is 1.54. The predicted molar refractivity (Wildman–Crippen MR) is 116 cm³/mol. The minimum Gasteiger partial charge on any atom is -0.494 e. The van der Waals surface area contributed by atoms with Crippen LogP contribution in [0.25, 0.3) is 0 Å². The van der Waals surface area contributed by atoms with E-state index in [2.05, 4.69) is 5.32 Å². The molecule has 0 unspecified atom stereocenters. The third-order valence-corrected chi connectivity index (χ3v) is 4.84. The first-order valence-corrected chi connectivity index (χ1v) is 10.4. The summed E-state index contributed by atoms with van der Waals surface area (Å²) in [6, 6.07) is 13.3. The third kappa shape index (κ3) is 7.17. The van der Waals surface area contributed by atoms with Crippen LogP contribution in [0.5, 0.6) is 5.75 Å². The van der Waals surface area contributed by atoms with Gasteiger partial charge in [-0.25, -0.2) is 4.39 Å². The Morgan fingerprint density at radius 3 is 2.50 bits per heavy atom. The lowest BCUT2D eigenvalue weighted by atomic mass is 10.1. The number of nitrogens with zero attached hydrogens (tertiary/aromatic N) is 1. The Morgan fingerprint density at radius 2 is 1.83 bits per heavy atom. The Kier molecular flexibility index (Phi) is 9.32. The largest absolute Gasteiger partial charge is 0.494 e. The standard InChI is InChI=1S/C24H31FN2O3/c1-4-15-26-24(29)19(3)27(17-20-8-5-6-9-22(20)25)23(28)10-7-16-30-21-13-11-18(2)12-14-21/h5-6,8-9,11-14,19H,4,7,10,15-17H2,1-3H3,(H,26,29)/t19-/m1/s1. The number of carbonyl (C=O) groups is 2. The molecule has 0 spiro atoms. The Labute approximate surface area is 178 Å². The first kappa shape index (κ1) is 23.4. The zero-order valence-electron chi connectivity index (χ0n) is 18.0. The Bertz CT molecular complexity index is 823. The fourth-order valence-electron chi connectivity index (χ4n) is 2.98. The average Bonchev–Trinajstić information content (AvgIpc) is 2.75. The number of hydrogen-bond donors (Lipinski definition) is 1. The highest BCUT2D eigenvalue weighted by Crippen LogP contribution is 2.16. The number of ether oxygens (including phenoxy) is 1. The molecule has 0 fully saturated rings. The van der Waals surface area contributed by atoms with Crippen molar-refractivity contribution in [3.05, 3.63) is 65.5 Å². The predicted octanol–water partition coefficient (Wildman–Crippen LogP) is 4.24. The number of nitrogens with one attached hydrogen (secondary N) is 1. The first-order valence-electron chi connectivity index (χ1n) is 10.4. The number of rotatable bonds is 11. The molecule has 0 radical (unpaired) electrons. The summed E-state index contributed by atoms with van der Waals surface area (Å²) in [4.78, 5) is 26.8. The van der Waals surface area contributed by atoms with E-state index in [9.17, 15) is 14.0 Å². The van der Waals surface area contributed by atoms with Gasteiger partial charge in [0.2, 0.25) is 11.8 Å². The van der Waals surface area contributed by atoms with E-state index in [0.29, 0.717) is 25.1 Å². The summed E-state index contributed by atoms with van der Waals surface area (Å²) < 4.78 is 19.8. The first-order chi connectivity index (χ1) is 14.4. The summed E-state index contributed by atoms with van der Waals surface area (Å²) in [5.74, 6) is -0.0786. The van der Waals surface area contributed by atoms with Gasteiger partial charge in [0, 0.05) is 25.1 Å². The molecule has 1 atom stereocenters. The van der Waals surface area contributed by atoms with E-state index in [4.69, 9.17) is 4.74 Å². The van der Waals surface area contributed by atoms with Gasteiger partial charge in [-0.05, 0) is 44.9 Å². The van der Waals surface area contributed by atoms with E-state index in [1.54, 1.807) is 25.1 Å². The number of carbonyl (C=O) groups excluding carboxylic acids is 2. The monoisotopic (exact) mass is 414 g/mol. The molecule has 0 bridgehead atoms. The molecule has 6 heteroatoms. The average molecular weight is 415 g/mol. The Morgan fingerprint density at radius 1 is 1.13 bits per heavy atom. The van der Waals surface area contributed by atoms with Crippen molar-refractivity contribution >= 4 is 11.8 Å². The molecule has 0 heterocycles. The summed E-state index contributed by atoms with van der Waals surface area (Å²) in [6.07, 6.45) is 1.52. The van der Waals surface area contributed by atoms with Gasteiger partial charge in [0.05, 0.1) is 6.61 Å². The maximum Gasteiger partial charge on any atom is 0.242 e. The van der Waals surface area contributed by atoms with Crippen LogP contribution in [0.4, 0.5) is 4.39 Å². The highest BCUT2D eigenvalue weighted by molar-refractivity contribution is 5.87. The Hall–Kier alpha value is -2.89. The normalized spacial score (nSPS) is 11.6. The molecule has 0 aliphatic rings. The molecule has 2 rings (SSSR count). The second-order valence-electron chi connectivity index (χ2n) is 7.35. The van der Waals surface area contributed by atoms with Crippen molar-refractivity contribution in [1.29, 1.82) is 0 Å². The van der Waals surface area contributed by atoms with Crippen LogP contribution in [0.3, 0.4) is 0 Å².